The van der Waals surface area contributed by atoms with Crippen LogP contribution in [0.2, 0.25) is 0 Å². The largest absolute Gasteiger partial charge is 0.289 e. The van der Waals surface area contributed by atoms with E-state index in [9.17, 15) is 4.79 Å². The molecule has 5 nitrogen and oxygen atoms in total. The van der Waals surface area contributed by atoms with Crippen LogP contribution in [0.15, 0.2) is 21.9 Å². The fraction of sp³-hybridized carbons (Fsp3) is 0.308. The first-order valence-corrected chi connectivity index (χ1v) is 7.89. The minimum Gasteiger partial charge on any atom is -0.289 e. The van der Waals surface area contributed by atoms with Gasteiger partial charge in [-0.3, -0.25) is 4.79 Å². The van der Waals surface area contributed by atoms with Gasteiger partial charge in [-0.15, -0.1) is 10.2 Å². The Labute approximate surface area is 124 Å². The molecule has 0 aromatic carbocycles. The van der Waals surface area contributed by atoms with Gasteiger partial charge in [0.1, 0.15) is 0 Å². The predicted octanol–water partition coefficient (Wildman–Crippen LogP) is 2.86. The Morgan fingerprint density at radius 3 is 1.95 bits per heavy atom. The van der Waals surface area contributed by atoms with Gasteiger partial charge in [0, 0.05) is 21.9 Å². The first-order valence-electron chi connectivity index (χ1n) is 6.22. The SMILES string of the molecule is CC1C/C(=C/c2csnn2)C(=O)/C(=C/c2csnn2)C1. The molecule has 0 bridgehead atoms. The summed E-state index contributed by atoms with van der Waals surface area (Å²) in [4.78, 5) is 12.5. The monoisotopic (exact) mass is 304 g/mol. The highest BCUT2D eigenvalue weighted by atomic mass is 32.1. The van der Waals surface area contributed by atoms with Gasteiger partial charge in [-0.05, 0) is 54.0 Å². The standard InChI is InChI=1S/C13H12N4OS2/c1-8-2-9(4-11-6-19-16-14-11)13(18)10(3-8)5-12-7-20-17-15-12/h4-8H,2-3H2,1H3/b9-4-,10-5+. The van der Waals surface area contributed by atoms with E-state index in [1.54, 1.807) is 0 Å². The van der Waals surface area contributed by atoms with E-state index in [4.69, 9.17) is 0 Å². The maximum atomic E-state index is 12.5. The van der Waals surface area contributed by atoms with Crippen LogP contribution in [0.25, 0.3) is 12.2 Å². The molecular weight excluding hydrogens is 292 g/mol. The van der Waals surface area contributed by atoms with Crippen LogP contribution in [0.5, 0.6) is 0 Å². The van der Waals surface area contributed by atoms with Crippen molar-refractivity contribution in [3.63, 3.8) is 0 Å². The van der Waals surface area contributed by atoms with Crippen molar-refractivity contribution in [3.05, 3.63) is 33.3 Å². The number of allylic oxidation sites excluding steroid dienone is 2. The molecule has 20 heavy (non-hydrogen) atoms. The molecule has 0 amide bonds. The van der Waals surface area contributed by atoms with Gasteiger partial charge >= 0.3 is 0 Å². The quantitative estimate of drug-likeness (QED) is 0.798. The van der Waals surface area contributed by atoms with Crippen LogP contribution in [0.4, 0.5) is 0 Å². The van der Waals surface area contributed by atoms with Crippen molar-refractivity contribution in [2.75, 3.05) is 0 Å². The topological polar surface area (TPSA) is 68.6 Å². The molecule has 0 radical (unpaired) electrons. The Hall–Kier alpha value is -1.73. The van der Waals surface area contributed by atoms with Crippen molar-refractivity contribution < 1.29 is 4.79 Å². The minimum absolute atomic E-state index is 0.0871. The summed E-state index contributed by atoms with van der Waals surface area (Å²) in [6.45, 7) is 2.15. The van der Waals surface area contributed by atoms with Crippen molar-refractivity contribution in [3.8, 4) is 0 Å². The molecule has 1 fully saturated rings. The molecule has 0 N–H and O–H groups in total. The molecule has 0 aliphatic heterocycles. The Bertz CT molecular complexity index is 602. The van der Waals surface area contributed by atoms with Crippen molar-refractivity contribution in [1.82, 2.24) is 19.2 Å². The second-order valence-electron chi connectivity index (χ2n) is 4.84. The third-order valence-corrected chi connectivity index (χ3v) is 4.16. The third kappa shape index (κ3) is 2.88. The van der Waals surface area contributed by atoms with Gasteiger partial charge in [0.25, 0.3) is 0 Å². The molecule has 1 aliphatic rings. The van der Waals surface area contributed by atoms with Crippen molar-refractivity contribution in [1.29, 1.82) is 0 Å². The predicted molar refractivity (Wildman–Crippen MR) is 79.2 cm³/mol. The first kappa shape index (κ1) is 13.3. The van der Waals surface area contributed by atoms with Gasteiger partial charge in [0.05, 0.1) is 11.4 Å². The molecule has 1 atom stereocenters. The van der Waals surface area contributed by atoms with Crippen LogP contribution in [-0.4, -0.2) is 25.0 Å². The smallest absolute Gasteiger partial charge is 0.185 e. The fourth-order valence-electron chi connectivity index (χ4n) is 2.29. The number of carbonyl (C=O) groups is 1. The van der Waals surface area contributed by atoms with Gasteiger partial charge in [-0.2, -0.15) is 0 Å². The summed E-state index contributed by atoms with van der Waals surface area (Å²) in [5.41, 5.74) is 3.10. The summed E-state index contributed by atoms with van der Waals surface area (Å²) < 4.78 is 7.63. The maximum absolute atomic E-state index is 12.5. The molecular formula is C13H12N4OS2. The number of aromatic nitrogens is 4. The van der Waals surface area contributed by atoms with E-state index < -0.39 is 0 Å². The lowest BCUT2D eigenvalue weighted by Crippen LogP contribution is -2.18. The van der Waals surface area contributed by atoms with Gasteiger partial charge in [0.2, 0.25) is 0 Å². The molecule has 7 heteroatoms. The highest BCUT2D eigenvalue weighted by Crippen LogP contribution is 2.31. The third-order valence-electron chi connectivity index (χ3n) is 3.12. The van der Waals surface area contributed by atoms with Crippen molar-refractivity contribution in [2.45, 2.75) is 19.8 Å². The van der Waals surface area contributed by atoms with Crippen LogP contribution in [-0.2, 0) is 4.79 Å². The fourth-order valence-corrected chi connectivity index (χ4v) is 3.11. The maximum Gasteiger partial charge on any atom is 0.185 e. The highest BCUT2D eigenvalue weighted by Gasteiger charge is 2.25. The van der Waals surface area contributed by atoms with E-state index in [1.165, 1.54) is 23.1 Å². The lowest BCUT2D eigenvalue weighted by Gasteiger charge is -2.22. The highest BCUT2D eigenvalue weighted by molar-refractivity contribution is 7.03. The molecule has 0 saturated heterocycles. The zero-order chi connectivity index (χ0) is 13.9. The number of hydrogen-bond acceptors (Lipinski definition) is 7. The molecule has 1 saturated carbocycles. The van der Waals surface area contributed by atoms with E-state index in [1.807, 2.05) is 22.9 Å². The Morgan fingerprint density at radius 1 is 1.05 bits per heavy atom. The average molecular weight is 304 g/mol. The second kappa shape index (κ2) is 5.72. The summed E-state index contributed by atoms with van der Waals surface area (Å²) >= 11 is 2.57. The Morgan fingerprint density at radius 2 is 1.55 bits per heavy atom. The number of ketones is 1. The van der Waals surface area contributed by atoms with Gasteiger partial charge in [0.15, 0.2) is 5.78 Å². The van der Waals surface area contributed by atoms with E-state index in [2.05, 4.69) is 26.1 Å². The molecule has 3 rings (SSSR count). The molecule has 2 aromatic rings. The van der Waals surface area contributed by atoms with Gasteiger partial charge in [-0.1, -0.05) is 15.9 Å². The number of rotatable bonds is 2. The molecule has 2 heterocycles. The van der Waals surface area contributed by atoms with Crippen LogP contribution >= 0.6 is 23.1 Å². The Kier molecular flexibility index (Phi) is 3.79. The number of nitrogens with zero attached hydrogens (tertiary/aromatic N) is 4. The summed E-state index contributed by atoms with van der Waals surface area (Å²) in [6, 6.07) is 0. The summed E-state index contributed by atoms with van der Waals surface area (Å²) in [7, 11) is 0. The van der Waals surface area contributed by atoms with E-state index in [-0.39, 0.29) is 5.78 Å². The zero-order valence-electron chi connectivity index (χ0n) is 10.8. The molecule has 2 aromatic heterocycles. The van der Waals surface area contributed by atoms with Gasteiger partial charge < -0.3 is 0 Å². The lowest BCUT2D eigenvalue weighted by molar-refractivity contribution is -0.113. The van der Waals surface area contributed by atoms with Crippen LogP contribution < -0.4 is 0 Å². The van der Waals surface area contributed by atoms with Crippen LogP contribution in [0.1, 0.15) is 31.2 Å². The minimum atomic E-state index is 0.0871. The zero-order valence-corrected chi connectivity index (χ0v) is 12.4. The summed E-state index contributed by atoms with van der Waals surface area (Å²) in [5, 5.41) is 11.6. The van der Waals surface area contributed by atoms with E-state index >= 15 is 0 Å². The Balaban J connectivity index is 1.92. The van der Waals surface area contributed by atoms with Crippen LogP contribution in [0, 0.1) is 5.92 Å². The average Bonchev–Trinajstić information content (AvgIpc) is 3.08. The molecule has 1 unspecified atom stereocenters. The number of carbonyl (C=O) groups excluding carboxylic acids is 1. The molecule has 1 aliphatic carbocycles. The number of hydrogen-bond donors (Lipinski definition) is 0. The van der Waals surface area contributed by atoms with Gasteiger partial charge in [-0.25, -0.2) is 0 Å². The van der Waals surface area contributed by atoms with Crippen molar-refractivity contribution >= 4 is 41.0 Å². The van der Waals surface area contributed by atoms with E-state index in [0.29, 0.717) is 5.92 Å². The normalized spacial score (nSPS) is 23.6. The second-order valence-corrected chi connectivity index (χ2v) is 6.06. The van der Waals surface area contributed by atoms with E-state index in [0.717, 1.165) is 35.4 Å². The van der Waals surface area contributed by atoms with Crippen molar-refractivity contribution in [2.24, 2.45) is 5.92 Å². The summed E-state index contributed by atoms with van der Waals surface area (Å²) in [5.74, 6) is 0.521. The van der Waals surface area contributed by atoms with Crippen LogP contribution in [0.3, 0.4) is 0 Å². The first-order chi connectivity index (χ1) is 9.72. The number of Topliss-reactive ketones (excluding diaryl/α,β-unsaturated/α-hetero) is 1. The summed E-state index contributed by atoms with van der Waals surface area (Å²) in [6.07, 6.45) is 5.25. The lowest BCUT2D eigenvalue weighted by atomic mass is 9.81. The molecule has 0 spiro atoms. The molecule has 102 valence electrons.